The van der Waals surface area contributed by atoms with E-state index in [9.17, 15) is 0 Å². The second-order valence-corrected chi connectivity index (χ2v) is 15.1. The predicted molar refractivity (Wildman–Crippen MR) is 215 cm³/mol. The van der Waals surface area contributed by atoms with Crippen molar-refractivity contribution < 1.29 is 0 Å². The summed E-state index contributed by atoms with van der Waals surface area (Å²) in [7, 11) is 0. The van der Waals surface area contributed by atoms with Crippen molar-refractivity contribution in [3.63, 3.8) is 0 Å². The molecule has 2 aromatic heterocycles. The maximum Gasteiger partial charge on any atom is 0.145 e. The van der Waals surface area contributed by atoms with E-state index >= 15 is 0 Å². The Morgan fingerprint density at radius 3 is 2.18 bits per heavy atom. The summed E-state index contributed by atoms with van der Waals surface area (Å²) in [6.45, 7) is 11.4. The quantitative estimate of drug-likeness (QED) is 0.188. The van der Waals surface area contributed by atoms with Gasteiger partial charge in [0.05, 0.1) is 22.1 Å². The fourth-order valence-corrected chi connectivity index (χ4v) is 8.49. The number of aromatic nitrogens is 3. The summed E-state index contributed by atoms with van der Waals surface area (Å²) in [4.78, 5) is 6.41. The van der Waals surface area contributed by atoms with Crippen LogP contribution in [-0.4, -0.2) is 19.9 Å². The van der Waals surface area contributed by atoms with Crippen LogP contribution in [0, 0.1) is 5.41 Å². The number of benzene rings is 6. The van der Waals surface area contributed by atoms with Gasteiger partial charge in [-0.15, -0.1) is 11.8 Å². The molecule has 0 radical (unpaired) electrons. The highest BCUT2D eigenvalue weighted by molar-refractivity contribution is 7.99. The number of hydrogen-bond acceptors (Lipinski definition) is 2. The first-order chi connectivity index (χ1) is 24.4. The Morgan fingerprint density at radius 1 is 0.660 bits per heavy atom. The predicted octanol–water partition coefficient (Wildman–Crippen LogP) is 12.6. The highest BCUT2D eigenvalue weighted by Gasteiger charge is 2.23. The van der Waals surface area contributed by atoms with Crippen molar-refractivity contribution in [2.75, 3.05) is 5.75 Å². The zero-order chi connectivity index (χ0) is 34.0. The Bertz CT molecular complexity index is 2680. The van der Waals surface area contributed by atoms with Gasteiger partial charge < -0.3 is 4.57 Å². The second-order valence-electron chi connectivity index (χ2n) is 14.1. The average Bonchev–Trinajstić information content (AvgIpc) is 3.71. The lowest BCUT2D eigenvalue weighted by atomic mass is 9.84. The molecule has 4 heteroatoms. The molecule has 0 aliphatic carbocycles. The fourth-order valence-electron chi connectivity index (χ4n) is 7.42. The largest absolute Gasteiger partial charge is 0.309 e. The van der Waals surface area contributed by atoms with Crippen LogP contribution in [0.25, 0.3) is 71.9 Å². The van der Waals surface area contributed by atoms with Crippen molar-refractivity contribution in [1.82, 2.24) is 14.1 Å². The molecule has 242 valence electrons. The zero-order valence-electron chi connectivity index (χ0n) is 28.5. The summed E-state index contributed by atoms with van der Waals surface area (Å²) in [5.41, 5.74) is 11.3. The molecule has 3 heterocycles. The summed E-state index contributed by atoms with van der Waals surface area (Å²) in [5.74, 6) is 1.82. The maximum absolute atomic E-state index is 5.12. The molecule has 9 rings (SSSR count). The van der Waals surface area contributed by atoms with E-state index in [4.69, 9.17) is 4.98 Å². The summed E-state index contributed by atoms with van der Waals surface area (Å²) >= 11 is 1.91. The number of imidazole rings is 1. The summed E-state index contributed by atoms with van der Waals surface area (Å²) in [6, 6.07) is 45.7. The van der Waals surface area contributed by atoms with E-state index in [1.807, 2.05) is 11.8 Å². The smallest absolute Gasteiger partial charge is 0.145 e. The molecule has 0 saturated carbocycles. The molecule has 0 fully saturated rings. The summed E-state index contributed by atoms with van der Waals surface area (Å²) in [6.07, 6.45) is 6.88. The van der Waals surface area contributed by atoms with E-state index in [0.29, 0.717) is 0 Å². The van der Waals surface area contributed by atoms with Crippen molar-refractivity contribution in [2.45, 2.75) is 25.7 Å². The van der Waals surface area contributed by atoms with Crippen molar-refractivity contribution in [2.24, 2.45) is 5.41 Å². The Labute approximate surface area is 296 Å². The van der Waals surface area contributed by atoms with Crippen LogP contribution in [-0.2, 0) is 0 Å². The Kier molecular flexibility index (Phi) is 7.18. The molecule has 0 spiro atoms. The Balaban J connectivity index is 1.27. The van der Waals surface area contributed by atoms with Gasteiger partial charge in [-0.1, -0.05) is 112 Å². The van der Waals surface area contributed by atoms with E-state index in [1.54, 1.807) is 0 Å². The number of fused-ring (bicyclic) bond motifs is 8. The SMILES string of the molecule is C=C1/C=C(C(C)(C)C)\C=C/CSc2c1ccc1c2c2c3ccccc3ccc2n1-c1ccc(-c2nc3ccccc3n2-c2ccccc2)cc1. The first-order valence-corrected chi connectivity index (χ1v) is 18.2. The number of thioether (sulfide) groups is 1. The van der Waals surface area contributed by atoms with Crippen LogP contribution < -0.4 is 0 Å². The third-order valence-corrected chi connectivity index (χ3v) is 11.0. The topological polar surface area (TPSA) is 22.8 Å². The Morgan fingerprint density at radius 2 is 1.36 bits per heavy atom. The molecular formula is C46H37N3S. The van der Waals surface area contributed by atoms with Gasteiger partial charge in [-0.3, -0.25) is 4.57 Å². The lowest BCUT2D eigenvalue weighted by Crippen LogP contribution is -2.07. The first kappa shape index (κ1) is 30.5. The molecule has 50 heavy (non-hydrogen) atoms. The van der Waals surface area contributed by atoms with E-state index in [-0.39, 0.29) is 5.41 Å². The van der Waals surface area contributed by atoms with Gasteiger partial charge in [0, 0.05) is 38.4 Å². The average molecular weight is 664 g/mol. The highest BCUT2D eigenvalue weighted by Crippen LogP contribution is 2.45. The molecular weight excluding hydrogens is 627 g/mol. The third kappa shape index (κ3) is 4.94. The molecule has 0 unspecified atom stereocenters. The zero-order valence-corrected chi connectivity index (χ0v) is 29.3. The van der Waals surface area contributed by atoms with Gasteiger partial charge in [-0.05, 0) is 93.6 Å². The first-order valence-electron chi connectivity index (χ1n) is 17.2. The molecule has 1 aliphatic rings. The molecule has 0 saturated heterocycles. The molecule has 0 bridgehead atoms. The number of allylic oxidation sites excluding steroid dienone is 4. The van der Waals surface area contributed by atoms with E-state index in [0.717, 1.165) is 45.1 Å². The van der Waals surface area contributed by atoms with Crippen LogP contribution in [0.3, 0.4) is 0 Å². The molecule has 6 aromatic carbocycles. The minimum Gasteiger partial charge on any atom is -0.309 e. The van der Waals surface area contributed by atoms with E-state index in [2.05, 4.69) is 182 Å². The van der Waals surface area contributed by atoms with E-state index in [1.165, 1.54) is 48.6 Å². The van der Waals surface area contributed by atoms with Crippen LogP contribution in [0.15, 0.2) is 163 Å². The Hall–Kier alpha value is -5.58. The number of hydrogen-bond donors (Lipinski definition) is 0. The van der Waals surface area contributed by atoms with Gasteiger partial charge in [0.2, 0.25) is 0 Å². The molecule has 0 N–H and O–H groups in total. The second kappa shape index (κ2) is 11.8. The van der Waals surface area contributed by atoms with Crippen LogP contribution in [0.1, 0.15) is 26.3 Å². The van der Waals surface area contributed by atoms with Crippen LogP contribution in [0.5, 0.6) is 0 Å². The number of nitrogens with zero attached hydrogens (tertiary/aromatic N) is 3. The van der Waals surface area contributed by atoms with Crippen molar-refractivity contribution in [1.29, 1.82) is 0 Å². The van der Waals surface area contributed by atoms with Crippen LogP contribution in [0.2, 0.25) is 0 Å². The van der Waals surface area contributed by atoms with E-state index < -0.39 is 0 Å². The summed E-state index contributed by atoms with van der Waals surface area (Å²) < 4.78 is 4.69. The highest BCUT2D eigenvalue weighted by atomic mass is 32.2. The molecule has 1 aliphatic heterocycles. The van der Waals surface area contributed by atoms with Crippen LogP contribution in [0.4, 0.5) is 0 Å². The molecule has 0 atom stereocenters. The van der Waals surface area contributed by atoms with Gasteiger partial charge in [0.25, 0.3) is 0 Å². The normalized spacial score (nSPS) is 15.5. The van der Waals surface area contributed by atoms with Crippen LogP contribution >= 0.6 is 11.8 Å². The minimum absolute atomic E-state index is 0.0298. The van der Waals surface area contributed by atoms with Gasteiger partial charge in [0.15, 0.2) is 0 Å². The lowest BCUT2D eigenvalue weighted by Gasteiger charge is -2.21. The van der Waals surface area contributed by atoms with Gasteiger partial charge in [0.1, 0.15) is 5.82 Å². The minimum atomic E-state index is 0.0298. The molecule has 0 amide bonds. The van der Waals surface area contributed by atoms with Gasteiger partial charge >= 0.3 is 0 Å². The summed E-state index contributed by atoms with van der Waals surface area (Å²) in [5, 5.41) is 5.08. The van der Waals surface area contributed by atoms with Gasteiger partial charge in [-0.25, -0.2) is 4.98 Å². The van der Waals surface area contributed by atoms with Crippen molar-refractivity contribution in [3.05, 3.63) is 163 Å². The fraction of sp³-hybridized carbons (Fsp3) is 0.109. The number of para-hydroxylation sites is 3. The third-order valence-electron chi connectivity index (χ3n) is 9.90. The van der Waals surface area contributed by atoms with Gasteiger partial charge in [-0.2, -0.15) is 0 Å². The van der Waals surface area contributed by atoms with Crippen molar-refractivity contribution >= 4 is 60.9 Å². The lowest BCUT2D eigenvalue weighted by molar-refractivity contribution is 0.517. The number of rotatable bonds is 3. The monoisotopic (exact) mass is 663 g/mol. The van der Waals surface area contributed by atoms with Crippen molar-refractivity contribution in [3.8, 4) is 22.8 Å². The standard InChI is InChI=1S/C46H37N3S/c1-30-29-33(46(2,3)4)14-12-28-50-44-36(30)25-27-41-43(44)42-37-17-9-8-13-31(37)22-26-40(42)48(41)35-23-20-32(21-24-35)45-47-38-18-10-11-19-39(38)49(45)34-15-6-5-7-16-34/h5-27,29H,1,28H2,2-4H3/b14-12-,33-29+. The molecule has 8 aromatic rings. The molecule has 3 nitrogen and oxygen atoms in total. The maximum atomic E-state index is 5.12.